The summed E-state index contributed by atoms with van der Waals surface area (Å²) in [6.45, 7) is 5.87. The molecule has 0 aliphatic heterocycles. The van der Waals surface area contributed by atoms with Gasteiger partial charge in [0.15, 0.2) is 5.79 Å². The van der Waals surface area contributed by atoms with E-state index in [1.54, 1.807) is 6.92 Å². The van der Waals surface area contributed by atoms with Crippen molar-refractivity contribution in [3.05, 3.63) is 23.3 Å². The van der Waals surface area contributed by atoms with Gasteiger partial charge < -0.3 is 15.3 Å². The topological polar surface area (TPSA) is 77.8 Å². The minimum absolute atomic E-state index is 0.0171. The van der Waals surface area contributed by atoms with Gasteiger partial charge in [0.25, 0.3) is 0 Å². The summed E-state index contributed by atoms with van der Waals surface area (Å²) in [5.74, 6) is -1.35. The molecule has 0 bridgehead atoms. The van der Waals surface area contributed by atoms with Crippen molar-refractivity contribution in [1.29, 1.82) is 0 Å². The molecule has 4 rings (SSSR count). The predicted octanol–water partition coefficient (Wildman–Crippen LogP) is 2.73. The molecule has 138 valence electrons. The van der Waals surface area contributed by atoms with Gasteiger partial charge in [-0.2, -0.15) is 0 Å². The molecule has 6 atom stereocenters. The fourth-order valence-corrected chi connectivity index (χ4v) is 6.79. The van der Waals surface area contributed by atoms with Crippen molar-refractivity contribution < 1.29 is 20.1 Å². The fraction of sp³-hybridized carbons (Fsp3) is 0.762. The van der Waals surface area contributed by atoms with Crippen LogP contribution < -0.4 is 0 Å². The smallest absolute Gasteiger partial charge is 0.199 e. The highest BCUT2D eigenvalue weighted by Gasteiger charge is 2.64. The number of rotatable bonds is 1. The van der Waals surface area contributed by atoms with E-state index in [0.29, 0.717) is 18.8 Å². The lowest BCUT2D eigenvalue weighted by molar-refractivity contribution is -0.300. The Balaban J connectivity index is 1.78. The van der Waals surface area contributed by atoms with Crippen LogP contribution in [0.5, 0.6) is 0 Å². The molecule has 0 radical (unpaired) electrons. The minimum atomic E-state index is -2.10. The van der Waals surface area contributed by atoms with Crippen molar-refractivity contribution in [2.75, 3.05) is 0 Å². The van der Waals surface area contributed by atoms with Crippen LogP contribution >= 0.6 is 0 Å². The summed E-state index contributed by atoms with van der Waals surface area (Å²) in [6.07, 6.45) is 7.93. The summed E-state index contributed by atoms with van der Waals surface area (Å²) >= 11 is 0. The van der Waals surface area contributed by atoms with Crippen LogP contribution in [0.25, 0.3) is 0 Å². The third-order valence-electron chi connectivity index (χ3n) is 8.36. The number of Topliss-reactive ketones (excluding diaryl/α,β-unsaturated/α-hetero) is 1. The second-order valence-corrected chi connectivity index (χ2v) is 9.23. The largest absolute Gasteiger partial charge is 0.387 e. The monoisotopic (exact) mass is 346 g/mol. The Hall–Kier alpha value is -0.970. The normalized spacial score (nSPS) is 47.9. The maximum absolute atomic E-state index is 12.2. The molecule has 4 aliphatic rings. The van der Waals surface area contributed by atoms with E-state index in [2.05, 4.69) is 19.1 Å². The zero-order valence-electron chi connectivity index (χ0n) is 15.5. The highest BCUT2D eigenvalue weighted by molar-refractivity contribution is 5.79. The van der Waals surface area contributed by atoms with E-state index in [9.17, 15) is 20.1 Å². The molecule has 1 unspecified atom stereocenters. The van der Waals surface area contributed by atoms with Gasteiger partial charge in [-0.05, 0) is 69.6 Å². The van der Waals surface area contributed by atoms with Gasteiger partial charge in [-0.25, -0.2) is 0 Å². The molecule has 0 saturated heterocycles. The average molecular weight is 346 g/mol. The highest BCUT2D eigenvalue weighted by Crippen LogP contribution is 2.66. The molecule has 3 fully saturated rings. The van der Waals surface area contributed by atoms with E-state index in [1.807, 2.05) is 6.92 Å². The lowest BCUT2D eigenvalue weighted by Crippen LogP contribution is -2.63. The lowest BCUT2D eigenvalue weighted by Gasteiger charge is -2.58. The summed E-state index contributed by atoms with van der Waals surface area (Å²) < 4.78 is 0. The zero-order valence-corrected chi connectivity index (χ0v) is 15.5. The molecule has 0 amide bonds. The fourth-order valence-electron chi connectivity index (χ4n) is 6.79. The van der Waals surface area contributed by atoms with Crippen molar-refractivity contribution >= 4 is 5.78 Å². The summed E-state index contributed by atoms with van der Waals surface area (Å²) in [7, 11) is 0. The standard InChI is InChI=1S/C21H30O4/c1-12(22)15-7-8-16-14-6-4-13-5-9-18(23)21(24,25)20(13,3)17(14)10-11-19(15,16)2/h4,6,15-18,23-25H,5,7-11H2,1-3H3/t15-,16+,17+,18?,19-,20+/m1/s1. The van der Waals surface area contributed by atoms with Crippen LogP contribution in [0, 0.1) is 28.6 Å². The van der Waals surface area contributed by atoms with E-state index in [-0.39, 0.29) is 23.0 Å². The second kappa shape index (κ2) is 5.28. The van der Waals surface area contributed by atoms with Crippen molar-refractivity contribution in [1.82, 2.24) is 0 Å². The van der Waals surface area contributed by atoms with Gasteiger partial charge in [-0.3, -0.25) is 4.79 Å². The molecule has 4 nitrogen and oxygen atoms in total. The van der Waals surface area contributed by atoms with Crippen molar-refractivity contribution in [2.24, 2.45) is 28.6 Å². The Morgan fingerprint density at radius 2 is 1.80 bits per heavy atom. The maximum atomic E-state index is 12.2. The molecule has 4 heteroatoms. The Morgan fingerprint density at radius 1 is 1.08 bits per heavy atom. The van der Waals surface area contributed by atoms with Gasteiger partial charge in [-0.15, -0.1) is 0 Å². The van der Waals surface area contributed by atoms with Gasteiger partial charge in [-0.1, -0.05) is 30.2 Å². The van der Waals surface area contributed by atoms with Crippen LogP contribution in [0.15, 0.2) is 23.3 Å². The molecule has 3 N–H and O–H groups in total. The van der Waals surface area contributed by atoms with Crippen molar-refractivity contribution in [3.63, 3.8) is 0 Å². The number of hydrogen-bond acceptors (Lipinski definition) is 4. The van der Waals surface area contributed by atoms with Gasteiger partial charge in [0.1, 0.15) is 11.9 Å². The Kier molecular flexibility index (Phi) is 3.68. The third-order valence-corrected chi connectivity index (χ3v) is 8.36. The molecule has 0 aromatic carbocycles. The lowest BCUT2D eigenvalue weighted by atomic mass is 9.48. The molecule has 0 spiro atoms. The molecule has 4 aliphatic carbocycles. The number of aliphatic hydroxyl groups is 3. The second-order valence-electron chi connectivity index (χ2n) is 9.23. The minimum Gasteiger partial charge on any atom is -0.387 e. The molecule has 0 aromatic heterocycles. The van der Waals surface area contributed by atoms with Crippen LogP contribution in [0.3, 0.4) is 0 Å². The number of hydrogen-bond donors (Lipinski definition) is 3. The SMILES string of the molecule is CC(=O)[C@H]1CC[C@H]2C3=CC=C4CCC(O)C(O)(O)[C@]4(C)[C@H]3CC[C@]12C. The van der Waals surface area contributed by atoms with Gasteiger partial charge in [0.05, 0.1) is 5.41 Å². The highest BCUT2D eigenvalue weighted by atomic mass is 16.5. The average Bonchev–Trinajstić information content (AvgIpc) is 2.90. The predicted molar refractivity (Wildman–Crippen MR) is 94.4 cm³/mol. The first-order valence-electron chi connectivity index (χ1n) is 9.68. The summed E-state index contributed by atoms with van der Waals surface area (Å²) in [4.78, 5) is 12.2. The third kappa shape index (κ3) is 2.02. The Labute approximate surface area is 149 Å². The number of carbonyl (C=O) groups is 1. The summed E-state index contributed by atoms with van der Waals surface area (Å²) in [5.41, 5.74) is 1.45. The molecule has 0 aromatic rings. The molecular weight excluding hydrogens is 316 g/mol. The quantitative estimate of drug-likeness (QED) is 0.638. The van der Waals surface area contributed by atoms with Gasteiger partial charge in [0, 0.05) is 5.92 Å². The van der Waals surface area contributed by atoms with Gasteiger partial charge >= 0.3 is 0 Å². The summed E-state index contributed by atoms with van der Waals surface area (Å²) in [6, 6.07) is 0. The van der Waals surface area contributed by atoms with Crippen LogP contribution in [0.2, 0.25) is 0 Å². The molecule has 0 heterocycles. The first-order chi connectivity index (χ1) is 11.6. The number of aliphatic hydroxyl groups excluding tert-OH is 1. The number of fused-ring (bicyclic) bond motifs is 5. The first-order valence-corrected chi connectivity index (χ1v) is 9.68. The Bertz CT molecular complexity index is 675. The summed E-state index contributed by atoms with van der Waals surface area (Å²) in [5, 5.41) is 32.0. The van der Waals surface area contributed by atoms with Crippen LogP contribution in [0.1, 0.15) is 59.3 Å². The van der Waals surface area contributed by atoms with Crippen molar-refractivity contribution in [2.45, 2.75) is 71.2 Å². The molecule has 3 saturated carbocycles. The van der Waals surface area contributed by atoms with E-state index < -0.39 is 17.3 Å². The first kappa shape index (κ1) is 17.4. The van der Waals surface area contributed by atoms with Gasteiger partial charge in [0.2, 0.25) is 0 Å². The van der Waals surface area contributed by atoms with Crippen LogP contribution in [0.4, 0.5) is 0 Å². The number of carbonyl (C=O) groups excluding carboxylic acids is 1. The zero-order chi connectivity index (χ0) is 18.2. The Morgan fingerprint density at radius 3 is 2.48 bits per heavy atom. The number of ketones is 1. The van der Waals surface area contributed by atoms with Crippen LogP contribution in [-0.4, -0.2) is 33.0 Å². The van der Waals surface area contributed by atoms with Crippen LogP contribution in [-0.2, 0) is 4.79 Å². The van der Waals surface area contributed by atoms with E-state index >= 15 is 0 Å². The number of allylic oxidation sites excluding steroid dienone is 3. The van der Waals surface area contributed by atoms with Crippen molar-refractivity contribution in [3.8, 4) is 0 Å². The maximum Gasteiger partial charge on any atom is 0.199 e. The molecule has 25 heavy (non-hydrogen) atoms. The molecular formula is C21H30O4. The van der Waals surface area contributed by atoms with E-state index in [1.165, 1.54) is 5.57 Å². The van der Waals surface area contributed by atoms with E-state index in [4.69, 9.17) is 0 Å². The van der Waals surface area contributed by atoms with E-state index in [0.717, 1.165) is 31.3 Å².